The lowest BCUT2D eigenvalue weighted by Gasteiger charge is -2.59. The summed E-state index contributed by atoms with van der Waals surface area (Å²) in [4.78, 5) is 0. The van der Waals surface area contributed by atoms with Crippen molar-refractivity contribution in [2.24, 2.45) is 23.2 Å². The average molecular weight is 474 g/mol. The Morgan fingerprint density at radius 3 is 2.19 bits per heavy atom. The molecule has 2 aromatic carbocycles. The van der Waals surface area contributed by atoms with Crippen LogP contribution in [0.4, 0.5) is 0 Å². The van der Waals surface area contributed by atoms with Gasteiger partial charge in [-0.15, -0.1) is 0 Å². The van der Waals surface area contributed by atoms with E-state index in [9.17, 15) is 0 Å². The SMILES string of the molecule is COc1cc(CN[C@H](C)C23CC4CC(CC(C4)C2)C3)cc(Cl)c1OCc1ccc(Cl)cc1. The largest absolute Gasteiger partial charge is 0.493 e. The molecule has 0 aromatic heterocycles. The molecule has 0 unspecified atom stereocenters. The monoisotopic (exact) mass is 473 g/mol. The van der Waals surface area contributed by atoms with Crippen LogP contribution in [-0.2, 0) is 13.2 Å². The maximum Gasteiger partial charge on any atom is 0.180 e. The van der Waals surface area contributed by atoms with Gasteiger partial charge < -0.3 is 14.8 Å². The molecule has 0 heterocycles. The summed E-state index contributed by atoms with van der Waals surface area (Å²) in [5.41, 5.74) is 2.65. The first-order valence-electron chi connectivity index (χ1n) is 11.9. The number of hydrogen-bond acceptors (Lipinski definition) is 3. The predicted octanol–water partition coefficient (Wildman–Crippen LogP) is 7.28. The summed E-state index contributed by atoms with van der Waals surface area (Å²) in [5.74, 6) is 4.17. The van der Waals surface area contributed by atoms with Crippen molar-refractivity contribution in [3.05, 3.63) is 57.6 Å². The predicted molar refractivity (Wildman–Crippen MR) is 131 cm³/mol. The lowest BCUT2D eigenvalue weighted by molar-refractivity contribution is -0.0706. The third-order valence-electron chi connectivity index (χ3n) is 8.20. The smallest absolute Gasteiger partial charge is 0.180 e. The second-order valence-electron chi connectivity index (χ2n) is 10.4. The fourth-order valence-electron chi connectivity index (χ4n) is 6.95. The van der Waals surface area contributed by atoms with Crippen LogP contribution in [0.15, 0.2) is 36.4 Å². The molecule has 32 heavy (non-hydrogen) atoms. The van der Waals surface area contributed by atoms with Crippen LogP contribution < -0.4 is 14.8 Å². The highest BCUT2D eigenvalue weighted by Gasteiger charge is 2.52. The minimum atomic E-state index is 0.411. The van der Waals surface area contributed by atoms with E-state index in [1.54, 1.807) is 7.11 Å². The zero-order valence-corrected chi connectivity index (χ0v) is 20.5. The maximum atomic E-state index is 6.62. The zero-order valence-electron chi connectivity index (χ0n) is 19.0. The summed E-state index contributed by atoms with van der Waals surface area (Å²) in [6.45, 7) is 3.60. The van der Waals surface area contributed by atoms with Crippen LogP contribution in [0.25, 0.3) is 0 Å². The summed E-state index contributed by atoms with van der Waals surface area (Å²) in [5, 5.41) is 5.14. The molecule has 0 amide bonds. The molecule has 0 spiro atoms. The average Bonchev–Trinajstić information content (AvgIpc) is 2.76. The molecule has 0 radical (unpaired) electrons. The Hall–Kier alpha value is -1.42. The molecule has 4 saturated carbocycles. The van der Waals surface area contributed by atoms with Gasteiger partial charge in [-0.3, -0.25) is 0 Å². The minimum absolute atomic E-state index is 0.411. The van der Waals surface area contributed by atoms with Crippen molar-refractivity contribution in [2.75, 3.05) is 7.11 Å². The van der Waals surface area contributed by atoms with Gasteiger partial charge in [0, 0.05) is 17.6 Å². The second kappa shape index (κ2) is 9.08. The van der Waals surface area contributed by atoms with Gasteiger partial charge in [0.25, 0.3) is 0 Å². The highest BCUT2D eigenvalue weighted by atomic mass is 35.5. The van der Waals surface area contributed by atoms with Gasteiger partial charge in [0.15, 0.2) is 11.5 Å². The van der Waals surface area contributed by atoms with Gasteiger partial charge in [-0.2, -0.15) is 0 Å². The van der Waals surface area contributed by atoms with Crippen LogP contribution >= 0.6 is 23.2 Å². The number of methoxy groups -OCH3 is 1. The summed E-state index contributed by atoms with van der Waals surface area (Å²) in [7, 11) is 1.66. The number of rotatable bonds is 8. The Labute approximate surface area is 201 Å². The molecule has 1 N–H and O–H groups in total. The summed E-state index contributed by atoms with van der Waals surface area (Å²) in [6.07, 6.45) is 8.68. The van der Waals surface area contributed by atoms with Crippen molar-refractivity contribution in [3.8, 4) is 11.5 Å². The molecule has 6 rings (SSSR count). The van der Waals surface area contributed by atoms with Gasteiger partial charge in [-0.1, -0.05) is 35.3 Å². The third kappa shape index (κ3) is 4.49. The molecule has 4 fully saturated rings. The molecule has 4 bridgehead atoms. The van der Waals surface area contributed by atoms with Gasteiger partial charge in [-0.05, 0) is 104 Å². The van der Waals surface area contributed by atoms with Crippen molar-refractivity contribution < 1.29 is 9.47 Å². The van der Waals surface area contributed by atoms with Crippen LogP contribution in [0.1, 0.15) is 56.6 Å². The van der Waals surface area contributed by atoms with Crippen molar-refractivity contribution in [2.45, 2.75) is 64.6 Å². The Balaban J connectivity index is 1.24. The maximum absolute atomic E-state index is 6.62. The molecular formula is C27H33Cl2NO2. The number of nitrogens with one attached hydrogen (secondary N) is 1. The fraction of sp³-hybridized carbons (Fsp3) is 0.556. The summed E-state index contributed by atoms with van der Waals surface area (Å²) >= 11 is 12.6. The molecule has 1 atom stereocenters. The van der Waals surface area contributed by atoms with Crippen LogP contribution in [0.5, 0.6) is 11.5 Å². The molecule has 5 heteroatoms. The lowest BCUT2D eigenvalue weighted by atomic mass is 9.48. The Morgan fingerprint density at radius 1 is 0.969 bits per heavy atom. The highest BCUT2D eigenvalue weighted by Crippen LogP contribution is 2.61. The van der Waals surface area contributed by atoms with Crippen molar-refractivity contribution >= 4 is 23.2 Å². The molecule has 172 valence electrons. The molecule has 4 aliphatic rings. The van der Waals surface area contributed by atoms with E-state index >= 15 is 0 Å². The lowest BCUT2D eigenvalue weighted by Crippen LogP contribution is -2.54. The van der Waals surface area contributed by atoms with E-state index in [4.69, 9.17) is 32.7 Å². The van der Waals surface area contributed by atoms with Gasteiger partial charge in [0.05, 0.1) is 12.1 Å². The van der Waals surface area contributed by atoms with Crippen molar-refractivity contribution in [1.82, 2.24) is 5.32 Å². The first kappa shape index (κ1) is 22.4. The zero-order chi connectivity index (χ0) is 22.3. The second-order valence-corrected chi connectivity index (χ2v) is 11.3. The first-order valence-corrected chi connectivity index (χ1v) is 12.7. The van der Waals surface area contributed by atoms with Gasteiger partial charge in [0.1, 0.15) is 6.61 Å². The summed E-state index contributed by atoms with van der Waals surface area (Å²) < 4.78 is 11.6. The van der Waals surface area contributed by atoms with Crippen LogP contribution in [0, 0.1) is 23.2 Å². The number of ether oxygens (including phenoxy) is 2. The van der Waals surface area contributed by atoms with Gasteiger partial charge in [-0.25, -0.2) is 0 Å². The van der Waals surface area contributed by atoms with E-state index in [0.717, 1.165) is 35.4 Å². The molecule has 4 aliphatic carbocycles. The van der Waals surface area contributed by atoms with Crippen molar-refractivity contribution in [1.29, 1.82) is 0 Å². The summed E-state index contributed by atoms with van der Waals surface area (Å²) in [6, 6.07) is 12.2. The molecular weight excluding hydrogens is 441 g/mol. The fourth-order valence-corrected chi connectivity index (χ4v) is 7.36. The van der Waals surface area contributed by atoms with Crippen LogP contribution in [-0.4, -0.2) is 13.2 Å². The first-order chi connectivity index (χ1) is 15.4. The van der Waals surface area contributed by atoms with Crippen LogP contribution in [0.3, 0.4) is 0 Å². The molecule has 3 nitrogen and oxygen atoms in total. The normalized spacial score (nSPS) is 29.2. The van der Waals surface area contributed by atoms with E-state index in [1.807, 2.05) is 36.4 Å². The van der Waals surface area contributed by atoms with E-state index in [-0.39, 0.29) is 0 Å². The van der Waals surface area contributed by atoms with Crippen LogP contribution in [0.2, 0.25) is 10.0 Å². The number of benzene rings is 2. The van der Waals surface area contributed by atoms with E-state index in [1.165, 1.54) is 38.5 Å². The number of hydrogen-bond donors (Lipinski definition) is 1. The van der Waals surface area contributed by atoms with Gasteiger partial charge >= 0.3 is 0 Å². The molecule has 0 aliphatic heterocycles. The quantitative estimate of drug-likeness (QED) is 0.436. The van der Waals surface area contributed by atoms with E-state index in [0.29, 0.717) is 39.6 Å². The van der Waals surface area contributed by atoms with E-state index < -0.39 is 0 Å². The Kier molecular flexibility index (Phi) is 6.35. The minimum Gasteiger partial charge on any atom is -0.493 e. The third-order valence-corrected chi connectivity index (χ3v) is 8.73. The molecule has 0 saturated heterocycles. The highest BCUT2D eigenvalue weighted by molar-refractivity contribution is 6.32. The topological polar surface area (TPSA) is 30.5 Å². The Morgan fingerprint density at radius 2 is 1.59 bits per heavy atom. The van der Waals surface area contributed by atoms with Crippen molar-refractivity contribution in [3.63, 3.8) is 0 Å². The van der Waals surface area contributed by atoms with E-state index in [2.05, 4.69) is 12.2 Å². The van der Waals surface area contributed by atoms with Gasteiger partial charge in [0.2, 0.25) is 0 Å². The number of halogens is 2. The Bertz CT molecular complexity index is 924. The molecule has 2 aromatic rings. The standard InChI is InChI=1S/C27H33Cl2NO2/c1-17(27-12-19-7-20(13-27)9-21(8-19)14-27)30-15-22-10-24(29)26(25(11-22)31-2)32-16-18-3-5-23(28)6-4-18/h3-6,10-11,17,19-21,30H,7-9,12-16H2,1-2H3/t17-,19?,20?,21?,27?/m1/s1.